The van der Waals surface area contributed by atoms with Gasteiger partial charge in [0.05, 0.1) is 41.2 Å². The van der Waals surface area contributed by atoms with Gasteiger partial charge in [-0.1, -0.05) is 30.6 Å². The number of nitrogens with zero attached hydrogens (tertiary/aromatic N) is 3. The summed E-state index contributed by atoms with van der Waals surface area (Å²) in [4.78, 5) is 20.0. The first-order valence-electron chi connectivity index (χ1n) is 9.64. The van der Waals surface area contributed by atoms with E-state index in [-0.39, 0.29) is 11.8 Å². The number of benzene rings is 1. The highest BCUT2D eigenvalue weighted by Crippen LogP contribution is 2.32. The van der Waals surface area contributed by atoms with Gasteiger partial charge in [0.25, 0.3) is 11.6 Å². The van der Waals surface area contributed by atoms with E-state index in [2.05, 4.69) is 20.4 Å². The number of rotatable bonds is 4. The second-order valence-electron chi connectivity index (χ2n) is 7.41. The first-order valence-corrected chi connectivity index (χ1v) is 10.0. The molecule has 3 aromatic rings. The summed E-state index contributed by atoms with van der Waals surface area (Å²) in [7, 11) is 0. The van der Waals surface area contributed by atoms with Crippen LogP contribution in [-0.4, -0.2) is 42.4 Å². The van der Waals surface area contributed by atoms with E-state index < -0.39 is 0 Å². The van der Waals surface area contributed by atoms with E-state index >= 15 is 0 Å². The van der Waals surface area contributed by atoms with Crippen molar-refractivity contribution in [1.29, 1.82) is 0 Å². The molecule has 4 rings (SSSR count). The summed E-state index contributed by atoms with van der Waals surface area (Å²) in [6.07, 6.45) is 0. The fourth-order valence-electron chi connectivity index (χ4n) is 3.47. The number of pyridine rings is 1. The lowest BCUT2D eigenvalue weighted by Gasteiger charge is -2.30. The van der Waals surface area contributed by atoms with Crippen molar-refractivity contribution in [1.82, 2.24) is 10.1 Å². The first-order chi connectivity index (χ1) is 13.9. The molecule has 1 amide bonds. The summed E-state index contributed by atoms with van der Waals surface area (Å²) < 4.78 is 10.8. The molecule has 1 saturated heterocycles. The van der Waals surface area contributed by atoms with E-state index in [1.54, 1.807) is 13.0 Å². The number of carbonyl (C=O) groups excluding carboxylic acids is 1. The molecule has 8 heteroatoms. The summed E-state index contributed by atoms with van der Waals surface area (Å²) in [5.41, 5.74) is 3.85. The molecule has 0 aliphatic carbocycles. The largest absolute Gasteiger partial charge is 0.378 e. The molecule has 0 saturated carbocycles. The molecular weight excluding hydrogens is 392 g/mol. The molecule has 7 nitrogen and oxygen atoms in total. The van der Waals surface area contributed by atoms with Crippen LogP contribution in [0.3, 0.4) is 0 Å². The second kappa shape index (κ2) is 8.00. The Morgan fingerprint density at radius 2 is 2.00 bits per heavy atom. The molecule has 1 aliphatic heterocycles. The van der Waals surface area contributed by atoms with Gasteiger partial charge in [0.1, 0.15) is 0 Å². The molecule has 0 spiro atoms. The summed E-state index contributed by atoms with van der Waals surface area (Å²) in [6, 6.07) is 7.33. The van der Waals surface area contributed by atoms with Crippen molar-refractivity contribution in [3.63, 3.8) is 0 Å². The number of hydrogen-bond acceptors (Lipinski definition) is 6. The third-order valence-electron chi connectivity index (χ3n) is 5.03. The van der Waals surface area contributed by atoms with Gasteiger partial charge < -0.3 is 19.5 Å². The van der Waals surface area contributed by atoms with Gasteiger partial charge in [0.15, 0.2) is 0 Å². The highest BCUT2D eigenvalue weighted by Gasteiger charge is 2.22. The van der Waals surface area contributed by atoms with Crippen molar-refractivity contribution in [2.45, 2.75) is 26.7 Å². The third kappa shape index (κ3) is 3.93. The number of aryl methyl sites for hydroxylation is 1. The SMILES string of the molecule is Cc1noc2nc(C(C)C)cc(C(=O)Nc3cc(Cl)ccc3N3CCOCC3)c12. The molecule has 0 radical (unpaired) electrons. The lowest BCUT2D eigenvalue weighted by Crippen LogP contribution is -2.36. The maximum atomic E-state index is 13.3. The number of amides is 1. The minimum atomic E-state index is -0.248. The van der Waals surface area contributed by atoms with Gasteiger partial charge >= 0.3 is 0 Å². The first kappa shape index (κ1) is 19.7. The standard InChI is InChI=1S/C21H23ClN4O3/c1-12(2)16-11-15(19-13(3)25-29-21(19)24-16)20(27)23-17-10-14(22)4-5-18(17)26-6-8-28-9-7-26/h4-5,10-12H,6-9H2,1-3H3,(H,23,27). The molecule has 0 bridgehead atoms. The Balaban J connectivity index is 1.73. The maximum absolute atomic E-state index is 13.3. The van der Waals surface area contributed by atoms with Crippen LogP contribution in [0.4, 0.5) is 11.4 Å². The zero-order valence-corrected chi connectivity index (χ0v) is 17.4. The minimum absolute atomic E-state index is 0.145. The molecule has 29 heavy (non-hydrogen) atoms. The number of hydrogen-bond donors (Lipinski definition) is 1. The molecular formula is C21H23ClN4O3. The van der Waals surface area contributed by atoms with E-state index in [1.165, 1.54) is 0 Å². The zero-order chi connectivity index (χ0) is 20.5. The Morgan fingerprint density at radius 3 is 2.72 bits per heavy atom. The van der Waals surface area contributed by atoms with Crippen LogP contribution in [-0.2, 0) is 4.74 Å². The Bertz CT molecular complexity index is 1060. The van der Waals surface area contributed by atoms with Crippen molar-refractivity contribution >= 4 is 40.0 Å². The predicted molar refractivity (Wildman–Crippen MR) is 113 cm³/mol. The number of morpholine rings is 1. The number of ether oxygens (including phenoxy) is 1. The van der Waals surface area contributed by atoms with E-state index in [4.69, 9.17) is 20.9 Å². The highest BCUT2D eigenvalue weighted by atomic mass is 35.5. The van der Waals surface area contributed by atoms with Crippen molar-refractivity contribution in [3.05, 3.63) is 46.2 Å². The normalized spacial score (nSPS) is 14.6. The summed E-state index contributed by atoms with van der Waals surface area (Å²) in [5, 5.41) is 8.21. The second-order valence-corrected chi connectivity index (χ2v) is 7.85. The number of fused-ring (bicyclic) bond motifs is 1. The van der Waals surface area contributed by atoms with Crippen molar-refractivity contribution < 1.29 is 14.1 Å². The zero-order valence-electron chi connectivity index (χ0n) is 16.7. The molecule has 1 fully saturated rings. The summed E-state index contributed by atoms with van der Waals surface area (Å²) >= 11 is 6.23. The van der Waals surface area contributed by atoms with Crippen LogP contribution < -0.4 is 10.2 Å². The van der Waals surface area contributed by atoms with Gasteiger partial charge in [-0.05, 0) is 37.1 Å². The van der Waals surface area contributed by atoms with Crippen molar-refractivity contribution in [3.8, 4) is 0 Å². The quantitative estimate of drug-likeness (QED) is 0.681. The summed E-state index contributed by atoms with van der Waals surface area (Å²) in [6.45, 7) is 8.66. The van der Waals surface area contributed by atoms with Crippen LogP contribution in [0.25, 0.3) is 11.1 Å². The topological polar surface area (TPSA) is 80.5 Å². The molecule has 0 atom stereocenters. The third-order valence-corrected chi connectivity index (χ3v) is 5.27. The van der Waals surface area contributed by atoms with Crippen LogP contribution in [0.2, 0.25) is 5.02 Å². The average molecular weight is 415 g/mol. The van der Waals surface area contributed by atoms with Gasteiger partial charge in [-0.3, -0.25) is 4.79 Å². The Kier molecular flexibility index (Phi) is 5.43. The fraction of sp³-hybridized carbons (Fsp3) is 0.381. The van der Waals surface area contributed by atoms with Crippen molar-refractivity contribution in [2.24, 2.45) is 0 Å². The molecule has 1 aliphatic rings. The average Bonchev–Trinajstić information content (AvgIpc) is 3.09. The maximum Gasteiger partial charge on any atom is 0.259 e. The molecule has 2 aromatic heterocycles. The van der Waals surface area contributed by atoms with Gasteiger partial charge in [-0.15, -0.1) is 0 Å². The number of carbonyl (C=O) groups is 1. The van der Waals surface area contributed by atoms with Crippen molar-refractivity contribution in [2.75, 3.05) is 36.5 Å². The monoisotopic (exact) mass is 414 g/mol. The Hall–Kier alpha value is -2.64. The Labute approximate surface area is 174 Å². The Morgan fingerprint density at radius 1 is 1.24 bits per heavy atom. The number of halogens is 1. The van der Waals surface area contributed by atoms with Crippen LogP contribution >= 0.6 is 11.6 Å². The van der Waals surface area contributed by atoms with E-state index in [0.29, 0.717) is 46.3 Å². The summed E-state index contributed by atoms with van der Waals surface area (Å²) in [5.74, 6) is -0.103. The predicted octanol–water partition coefficient (Wildman–Crippen LogP) is 4.40. The van der Waals surface area contributed by atoms with E-state index in [1.807, 2.05) is 32.0 Å². The number of aromatic nitrogens is 2. The van der Waals surface area contributed by atoms with Gasteiger partial charge in [0, 0.05) is 23.8 Å². The smallest absolute Gasteiger partial charge is 0.259 e. The van der Waals surface area contributed by atoms with Gasteiger partial charge in [-0.25, -0.2) is 4.98 Å². The highest BCUT2D eigenvalue weighted by molar-refractivity contribution is 6.31. The van der Waals surface area contributed by atoms with Crippen LogP contribution in [0.1, 0.15) is 41.5 Å². The molecule has 1 N–H and O–H groups in total. The number of nitrogens with one attached hydrogen (secondary N) is 1. The lowest BCUT2D eigenvalue weighted by molar-refractivity contribution is 0.102. The number of anilines is 2. The minimum Gasteiger partial charge on any atom is -0.378 e. The van der Waals surface area contributed by atoms with Gasteiger partial charge in [0.2, 0.25) is 0 Å². The van der Waals surface area contributed by atoms with E-state index in [0.717, 1.165) is 24.5 Å². The van der Waals surface area contributed by atoms with Gasteiger partial charge in [-0.2, -0.15) is 0 Å². The van der Waals surface area contributed by atoms with Crippen LogP contribution in [0, 0.1) is 6.92 Å². The van der Waals surface area contributed by atoms with Crippen LogP contribution in [0.5, 0.6) is 0 Å². The molecule has 0 unspecified atom stereocenters. The lowest BCUT2D eigenvalue weighted by atomic mass is 10.0. The van der Waals surface area contributed by atoms with Crippen LogP contribution in [0.15, 0.2) is 28.8 Å². The molecule has 3 heterocycles. The molecule has 1 aromatic carbocycles. The molecule has 152 valence electrons. The fourth-order valence-corrected chi connectivity index (χ4v) is 3.64. The van der Waals surface area contributed by atoms with E-state index in [9.17, 15) is 4.79 Å².